The van der Waals surface area contributed by atoms with E-state index >= 15 is 0 Å². The van der Waals surface area contributed by atoms with Crippen LogP contribution >= 0.6 is 11.3 Å². The molecule has 1 aromatic heterocycles. The molecule has 6 heteroatoms. The van der Waals surface area contributed by atoms with Gasteiger partial charge in [0.25, 0.3) is 0 Å². The summed E-state index contributed by atoms with van der Waals surface area (Å²) < 4.78 is 44.1. The molecule has 2 atom stereocenters. The third-order valence-electron chi connectivity index (χ3n) is 5.51. The number of hydrogen-bond donors (Lipinski definition) is 0. The molecule has 0 aliphatic carbocycles. The van der Waals surface area contributed by atoms with Crippen LogP contribution in [0, 0.1) is 5.92 Å². The second-order valence-electron chi connectivity index (χ2n) is 7.55. The van der Waals surface area contributed by atoms with Gasteiger partial charge in [-0.3, -0.25) is 0 Å². The molecular weight excluding hydrogens is 383 g/mol. The molecule has 2 nitrogen and oxygen atoms in total. The van der Waals surface area contributed by atoms with E-state index < -0.39 is 11.7 Å². The summed E-state index contributed by atoms with van der Waals surface area (Å²) in [6.07, 6.45) is 0.462. The number of thiophene rings is 1. The first-order valence-corrected chi connectivity index (χ1v) is 11.0. The lowest BCUT2D eigenvalue weighted by atomic mass is 9.82. The van der Waals surface area contributed by atoms with Crippen molar-refractivity contribution in [1.82, 2.24) is 4.90 Å². The summed E-state index contributed by atoms with van der Waals surface area (Å²) in [5.74, 6) is 1.29. The maximum absolute atomic E-state index is 12.7. The predicted octanol–water partition coefficient (Wildman–Crippen LogP) is 6.44. The number of ether oxygens (including phenoxy) is 1. The minimum atomic E-state index is -4.31. The smallest absolute Gasteiger partial charge is 0.416 e. The van der Waals surface area contributed by atoms with E-state index in [0.717, 1.165) is 38.2 Å². The van der Waals surface area contributed by atoms with E-state index in [-0.39, 0.29) is 0 Å². The summed E-state index contributed by atoms with van der Waals surface area (Å²) in [4.78, 5) is 2.51. The van der Waals surface area contributed by atoms with Crippen molar-refractivity contribution < 1.29 is 17.9 Å². The van der Waals surface area contributed by atoms with Crippen molar-refractivity contribution in [2.45, 2.75) is 44.7 Å². The van der Waals surface area contributed by atoms with E-state index in [1.54, 1.807) is 11.3 Å². The Balaban J connectivity index is 1.62. The Morgan fingerprint density at radius 3 is 2.57 bits per heavy atom. The van der Waals surface area contributed by atoms with E-state index in [9.17, 15) is 13.2 Å². The Kier molecular flexibility index (Phi) is 7.41. The molecule has 154 valence electrons. The molecule has 0 spiro atoms. The molecule has 0 amide bonds. The Hall–Kier alpha value is -1.53. The fraction of sp³-hybridized carbons (Fsp3) is 0.545. The zero-order chi connectivity index (χ0) is 20.0. The average molecular weight is 412 g/mol. The average Bonchev–Trinajstić information content (AvgIpc) is 3.21. The quantitative estimate of drug-likeness (QED) is 0.463. The lowest BCUT2D eigenvalue weighted by Crippen LogP contribution is -2.42. The van der Waals surface area contributed by atoms with Crippen LogP contribution in [0.5, 0.6) is 5.75 Å². The van der Waals surface area contributed by atoms with Crippen molar-refractivity contribution in [3.05, 3.63) is 52.2 Å². The molecule has 28 heavy (non-hydrogen) atoms. The Morgan fingerprint density at radius 2 is 1.93 bits per heavy atom. The molecule has 0 radical (unpaired) electrons. The van der Waals surface area contributed by atoms with Crippen LogP contribution in [0.4, 0.5) is 13.2 Å². The molecular formula is C22H28F3NOS. The van der Waals surface area contributed by atoms with E-state index in [0.29, 0.717) is 24.2 Å². The van der Waals surface area contributed by atoms with Crippen LogP contribution in [0.3, 0.4) is 0 Å². The lowest BCUT2D eigenvalue weighted by molar-refractivity contribution is -0.137. The summed E-state index contributed by atoms with van der Waals surface area (Å²) in [5, 5.41) is 4.32. The van der Waals surface area contributed by atoms with Gasteiger partial charge in [0.2, 0.25) is 0 Å². The largest absolute Gasteiger partial charge is 0.493 e. The Bertz CT molecular complexity index is 700. The molecule has 1 saturated heterocycles. The molecule has 0 saturated carbocycles. The standard InChI is InChI=1S/C22H28F3NOS/c1-2-3-4-11-26-12-9-21(17-10-13-28-16-17)18(14-26)15-27-20-7-5-19(6-8-20)22(23,24)25/h5-8,10,13,16,18,21H,2-4,9,11-12,14-15H2,1H3/t18-,21-/m1/s1. The second kappa shape index (κ2) is 9.79. The number of benzene rings is 1. The van der Waals surface area contributed by atoms with Crippen LogP contribution in [-0.4, -0.2) is 31.1 Å². The van der Waals surface area contributed by atoms with E-state index in [4.69, 9.17) is 4.74 Å². The number of hydrogen-bond acceptors (Lipinski definition) is 3. The van der Waals surface area contributed by atoms with Gasteiger partial charge in [-0.25, -0.2) is 0 Å². The number of halogens is 3. The molecule has 1 aliphatic rings. The van der Waals surface area contributed by atoms with Gasteiger partial charge in [0.05, 0.1) is 12.2 Å². The van der Waals surface area contributed by atoms with Gasteiger partial charge in [-0.05, 0) is 78.5 Å². The van der Waals surface area contributed by atoms with Crippen molar-refractivity contribution in [2.75, 3.05) is 26.2 Å². The molecule has 1 fully saturated rings. The third kappa shape index (κ3) is 5.74. The predicted molar refractivity (Wildman–Crippen MR) is 108 cm³/mol. The SMILES string of the molecule is CCCCCN1CC[C@H](c2ccsc2)[C@@H](COc2ccc(C(F)(F)F)cc2)C1. The highest BCUT2D eigenvalue weighted by atomic mass is 32.1. The first-order chi connectivity index (χ1) is 13.5. The Labute approximate surface area is 169 Å². The van der Waals surface area contributed by atoms with Crippen LogP contribution in [0.1, 0.15) is 49.7 Å². The molecule has 2 aromatic rings. The fourth-order valence-electron chi connectivity index (χ4n) is 3.93. The van der Waals surface area contributed by atoms with Gasteiger partial charge in [0.15, 0.2) is 0 Å². The highest BCUT2D eigenvalue weighted by molar-refractivity contribution is 7.07. The van der Waals surface area contributed by atoms with Crippen LogP contribution in [0.15, 0.2) is 41.1 Å². The molecule has 0 N–H and O–H groups in total. The minimum absolute atomic E-state index is 0.340. The summed E-state index contributed by atoms with van der Waals surface area (Å²) in [7, 11) is 0. The van der Waals surface area contributed by atoms with Gasteiger partial charge in [-0.15, -0.1) is 0 Å². The van der Waals surface area contributed by atoms with Crippen LogP contribution in [0.2, 0.25) is 0 Å². The number of rotatable bonds is 8. The Morgan fingerprint density at radius 1 is 1.14 bits per heavy atom. The monoisotopic (exact) mass is 411 g/mol. The summed E-state index contributed by atoms with van der Waals surface area (Å²) in [6, 6.07) is 7.20. The van der Waals surface area contributed by atoms with Gasteiger partial charge in [-0.1, -0.05) is 19.8 Å². The van der Waals surface area contributed by atoms with Crippen molar-refractivity contribution in [1.29, 1.82) is 0 Å². The molecule has 0 bridgehead atoms. The number of piperidine rings is 1. The highest BCUT2D eigenvalue weighted by Crippen LogP contribution is 2.35. The van der Waals surface area contributed by atoms with Crippen molar-refractivity contribution in [3.8, 4) is 5.75 Å². The van der Waals surface area contributed by atoms with Crippen LogP contribution < -0.4 is 4.74 Å². The van der Waals surface area contributed by atoms with Crippen molar-refractivity contribution >= 4 is 11.3 Å². The van der Waals surface area contributed by atoms with Gasteiger partial charge < -0.3 is 9.64 Å². The minimum Gasteiger partial charge on any atom is -0.493 e. The maximum Gasteiger partial charge on any atom is 0.416 e. The zero-order valence-electron chi connectivity index (χ0n) is 16.3. The first kappa shape index (κ1) is 21.2. The first-order valence-electron chi connectivity index (χ1n) is 10.0. The number of nitrogens with zero attached hydrogens (tertiary/aromatic N) is 1. The summed E-state index contributed by atoms with van der Waals surface area (Å²) in [6.45, 7) is 5.92. The van der Waals surface area contributed by atoms with Gasteiger partial charge in [-0.2, -0.15) is 24.5 Å². The zero-order valence-corrected chi connectivity index (χ0v) is 17.1. The summed E-state index contributed by atoms with van der Waals surface area (Å²) in [5.41, 5.74) is 0.718. The van der Waals surface area contributed by atoms with E-state index in [1.807, 2.05) is 0 Å². The molecule has 2 heterocycles. The van der Waals surface area contributed by atoms with Crippen molar-refractivity contribution in [3.63, 3.8) is 0 Å². The number of likely N-dealkylation sites (tertiary alicyclic amines) is 1. The van der Waals surface area contributed by atoms with Gasteiger partial charge >= 0.3 is 6.18 Å². The third-order valence-corrected chi connectivity index (χ3v) is 6.21. The topological polar surface area (TPSA) is 12.5 Å². The van der Waals surface area contributed by atoms with Gasteiger partial charge in [0, 0.05) is 12.5 Å². The fourth-order valence-corrected chi connectivity index (χ4v) is 4.66. The summed E-state index contributed by atoms with van der Waals surface area (Å²) >= 11 is 1.71. The molecule has 1 aromatic carbocycles. The number of unbranched alkanes of at least 4 members (excludes halogenated alkanes) is 2. The van der Waals surface area contributed by atoms with E-state index in [2.05, 4.69) is 28.7 Å². The van der Waals surface area contributed by atoms with Crippen LogP contribution in [0.25, 0.3) is 0 Å². The van der Waals surface area contributed by atoms with E-state index in [1.165, 1.54) is 37.0 Å². The highest BCUT2D eigenvalue weighted by Gasteiger charge is 2.32. The number of alkyl halides is 3. The second-order valence-corrected chi connectivity index (χ2v) is 8.33. The molecule has 3 rings (SSSR count). The normalized spacial score (nSPS) is 21.0. The molecule has 1 aliphatic heterocycles. The van der Waals surface area contributed by atoms with Crippen molar-refractivity contribution in [2.24, 2.45) is 5.92 Å². The molecule has 0 unspecified atom stereocenters. The van der Waals surface area contributed by atoms with Crippen LogP contribution in [-0.2, 0) is 6.18 Å². The maximum atomic E-state index is 12.7. The lowest BCUT2D eigenvalue weighted by Gasteiger charge is -2.38. The van der Waals surface area contributed by atoms with Gasteiger partial charge in [0.1, 0.15) is 5.75 Å².